The molecule has 7 heteroatoms. The number of fused-ring (bicyclic) bond motifs is 3. The summed E-state index contributed by atoms with van der Waals surface area (Å²) in [6, 6.07) is 8.55. The molecule has 0 aliphatic carbocycles. The lowest BCUT2D eigenvalue weighted by atomic mass is 9.92. The Kier molecular flexibility index (Phi) is 7.54. The van der Waals surface area contributed by atoms with Crippen LogP contribution in [0.4, 0.5) is 0 Å². The van der Waals surface area contributed by atoms with Crippen molar-refractivity contribution >= 4 is 21.8 Å². The summed E-state index contributed by atoms with van der Waals surface area (Å²) in [5, 5.41) is 2.19. The quantitative estimate of drug-likeness (QED) is 0.254. The van der Waals surface area contributed by atoms with Crippen molar-refractivity contribution in [1.82, 2.24) is 19.8 Å². The summed E-state index contributed by atoms with van der Waals surface area (Å²) in [6.45, 7) is 10.5. The van der Waals surface area contributed by atoms with Gasteiger partial charge in [-0.3, -0.25) is 0 Å². The Hall–Kier alpha value is -3.03. The number of nitrogens with zero attached hydrogens (tertiary/aromatic N) is 3. The highest BCUT2D eigenvalue weighted by atomic mass is 16.5. The summed E-state index contributed by atoms with van der Waals surface area (Å²) < 4.78 is 18.0. The fourth-order valence-electron chi connectivity index (χ4n) is 6.44. The van der Waals surface area contributed by atoms with E-state index in [0.29, 0.717) is 12.5 Å². The van der Waals surface area contributed by atoms with Crippen LogP contribution in [0.2, 0.25) is 0 Å². The zero-order chi connectivity index (χ0) is 26.9. The Morgan fingerprint density at radius 1 is 1.00 bits per heavy atom. The maximum absolute atomic E-state index is 6.27. The predicted octanol–water partition coefficient (Wildman–Crippen LogP) is 6.35. The highest BCUT2D eigenvalue weighted by Crippen LogP contribution is 2.40. The highest BCUT2D eigenvalue weighted by Gasteiger charge is 2.22. The van der Waals surface area contributed by atoms with Crippen LogP contribution >= 0.6 is 0 Å². The van der Waals surface area contributed by atoms with Crippen molar-refractivity contribution in [3.63, 3.8) is 0 Å². The van der Waals surface area contributed by atoms with Gasteiger partial charge in [0.25, 0.3) is 0 Å². The first-order valence-corrected chi connectivity index (χ1v) is 14.6. The van der Waals surface area contributed by atoms with E-state index < -0.39 is 0 Å². The predicted molar refractivity (Wildman–Crippen MR) is 157 cm³/mol. The monoisotopic (exact) mass is 530 g/mol. The molecule has 0 atom stereocenters. The average molecular weight is 531 g/mol. The lowest BCUT2D eigenvalue weighted by Gasteiger charge is -2.28. The van der Waals surface area contributed by atoms with Gasteiger partial charge in [0.2, 0.25) is 0 Å². The fourth-order valence-corrected chi connectivity index (χ4v) is 6.44. The largest absolute Gasteiger partial charge is 0.493 e. The maximum atomic E-state index is 6.27. The van der Waals surface area contributed by atoms with Gasteiger partial charge in [0.15, 0.2) is 11.5 Å². The molecule has 6 rings (SSSR count). The van der Waals surface area contributed by atoms with Crippen molar-refractivity contribution in [3.05, 3.63) is 41.5 Å². The molecule has 2 aliphatic rings. The van der Waals surface area contributed by atoms with Gasteiger partial charge in [0, 0.05) is 34.6 Å². The first kappa shape index (κ1) is 26.2. The Morgan fingerprint density at radius 2 is 1.79 bits per heavy atom. The van der Waals surface area contributed by atoms with E-state index in [-0.39, 0.29) is 0 Å². The molecule has 0 saturated carbocycles. The number of aromatic amines is 1. The van der Waals surface area contributed by atoms with Crippen LogP contribution < -0.4 is 9.47 Å². The van der Waals surface area contributed by atoms with Crippen molar-refractivity contribution in [3.8, 4) is 22.8 Å². The smallest absolute Gasteiger partial charge is 0.163 e. The van der Waals surface area contributed by atoms with E-state index in [9.17, 15) is 0 Å². The molecule has 1 aromatic carbocycles. The molecule has 5 heterocycles. The Labute approximate surface area is 231 Å². The Morgan fingerprint density at radius 3 is 2.51 bits per heavy atom. The van der Waals surface area contributed by atoms with Gasteiger partial charge in [0.05, 0.1) is 30.4 Å². The normalized spacial score (nSPS) is 17.5. The van der Waals surface area contributed by atoms with Crippen LogP contribution in [0.25, 0.3) is 33.1 Å². The minimum absolute atomic E-state index is 0.663. The van der Waals surface area contributed by atoms with Gasteiger partial charge in [-0.25, -0.2) is 4.98 Å². The number of ether oxygens (including phenoxy) is 2. The summed E-state index contributed by atoms with van der Waals surface area (Å²) >= 11 is 0. The topological polar surface area (TPSA) is 66.8 Å². The SMILES string of the molecule is COc1cc2c(cc1OCCCN1CCCC1)nc(-c1cc(C)oc1C)c1cc(CC3CCN(C)CC3)[nH]c12. The number of furan rings is 1. The van der Waals surface area contributed by atoms with Crippen molar-refractivity contribution in [2.24, 2.45) is 5.92 Å². The summed E-state index contributed by atoms with van der Waals surface area (Å²) in [6.07, 6.45) is 7.17. The van der Waals surface area contributed by atoms with E-state index in [1.54, 1.807) is 7.11 Å². The molecular weight excluding hydrogens is 488 g/mol. The lowest BCUT2D eigenvalue weighted by Crippen LogP contribution is -2.30. The van der Waals surface area contributed by atoms with Crippen LogP contribution in [0.5, 0.6) is 11.5 Å². The molecule has 208 valence electrons. The van der Waals surface area contributed by atoms with Gasteiger partial charge in [-0.15, -0.1) is 0 Å². The first-order valence-electron chi connectivity index (χ1n) is 14.6. The number of likely N-dealkylation sites (tertiary alicyclic amines) is 2. The second kappa shape index (κ2) is 11.2. The molecule has 7 nitrogen and oxygen atoms in total. The van der Waals surface area contributed by atoms with Crippen molar-refractivity contribution in [2.45, 2.75) is 52.4 Å². The van der Waals surface area contributed by atoms with E-state index in [2.05, 4.69) is 40.0 Å². The van der Waals surface area contributed by atoms with Crippen molar-refractivity contribution in [1.29, 1.82) is 0 Å². The van der Waals surface area contributed by atoms with Gasteiger partial charge in [-0.2, -0.15) is 0 Å². The third-order valence-electron chi connectivity index (χ3n) is 8.63. The van der Waals surface area contributed by atoms with Crippen LogP contribution in [0.1, 0.15) is 49.3 Å². The zero-order valence-electron chi connectivity index (χ0n) is 23.9. The Balaban J connectivity index is 1.36. The number of hydrogen-bond donors (Lipinski definition) is 1. The molecular formula is C32H42N4O3. The molecule has 0 radical (unpaired) electrons. The highest BCUT2D eigenvalue weighted by molar-refractivity contribution is 6.10. The average Bonchev–Trinajstić information content (AvgIpc) is 3.67. The molecule has 1 N–H and O–H groups in total. The fraction of sp³-hybridized carbons (Fsp3) is 0.531. The molecule has 3 aromatic heterocycles. The zero-order valence-corrected chi connectivity index (χ0v) is 23.9. The minimum atomic E-state index is 0.663. The standard InChI is InChI=1S/C32H42N4O3/c1-21-16-25(22(2)39-21)31-27-18-24(17-23-8-13-35(3)14-9-23)33-32(27)26-19-29(37-4)30(20-28(26)34-31)38-15-7-12-36-10-5-6-11-36/h16,18-20,23,33H,5-15,17H2,1-4H3. The van der Waals surface area contributed by atoms with E-state index in [4.69, 9.17) is 18.9 Å². The number of methoxy groups -OCH3 is 1. The number of aryl methyl sites for hydroxylation is 2. The van der Waals surface area contributed by atoms with Crippen LogP contribution in [-0.4, -0.2) is 73.3 Å². The Bertz CT molecular complexity index is 1440. The summed E-state index contributed by atoms with van der Waals surface area (Å²) in [7, 11) is 3.94. The molecule has 2 aliphatic heterocycles. The lowest BCUT2D eigenvalue weighted by molar-refractivity contribution is 0.218. The number of pyridine rings is 1. The molecule has 2 saturated heterocycles. The summed E-state index contributed by atoms with van der Waals surface area (Å²) in [4.78, 5) is 14.0. The molecule has 0 bridgehead atoms. The van der Waals surface area contributed by atoms with E-state index in [0.717, 1.165) is 75.5 Å². The summed E-state index contributed by atoms with van der Waals surface area (Å²) in [5.74, 6) is 4.00. The number of rotatable bonds is 9. The van der Waals surface area contributed by atoms with E-state index in [1.165, 1.54) is 57.6 Å². The van der Waals surface area contributed by atoms with Gasteiger partial charge >= 0.3 is 0 Å². The molecule has 39 heavy (non-hydrogen) atoms. The molecule has 4 aromatic rings. The number of benzene rings is 1. The van der Waals surface area contributed by atoms with E-state index in [1.807, 2.05) is 19.9 Å². The second-order valence-corrected chi connectivity index (χ2v) is 11.6. The third kappa shape index (κ3) is 5.52. The number of hydrogen-bond acceptors (Lipinski definition) is 6. The summed E-state index contributed by atoms with van der Waals surface area (Å²) in [5.41, 5.74) is 5.29. The number of piperidine rings is 1. The number of nitrogens with one attached hydrogen (secondary N) is 1. The van der Waals surface area contributed by atoms with Gasteiger partial charge in [0.1, 0.15) is 11.5 Å². The van der Waals surface area contributed by atoms with Crippen LogP contribution in [0, 0.1) is 19.8 Å². The van der Waals surface area contributed by atoms with Crippen molar-refractivity contribution in [2.75, 3.05) is 53.5 Å². The van der Waals surface area contributed by atoms with Crippen LogP contribution in [0.15, 0.2) is 28.7 Å². The molecule has 0 amide bonds. The second-order valence-electron chi connectivity index (χ2n) is 11.6. The molecule has 0 unspecified atom stereocenters. The first-order chi connectivity index (χ1) is 19.0. The van der Waals surface area contributed by atoms with Crippen molar-refractivity contribution < 1.29 is 13.9 Å². The third-order valence-corrected chi connectivity index (χ3v) is 8.63. The number of H-pyrrole nitrogens is 1. The van der Waals surface area contributed by atoms with E-state index >= 15 is 0 Å². The van der Waals surface area contributed by atoms with Gasteiger partial charge in [-0.05, 0) is 110 Å². The van der Waals surface area contributed by atoms with Gasteiger partial charge < -0.3 is 28.7 Å². The molecule has 2 fully saturated rings. The van der Waals surface area contributed by atoms with Crippen LogP contribution in [0.3, 0.4) is 0 Å². The maximum Gasteiger partial charge on any atom is 0.163 e. The minimum Gasteiger partial charge on any atom is -0.493 e. The molecule has 0 spiro atoms. The number of aromatic nitrogens is 2. The van der Waals surface area contributed by atoms with Crippen LogP contribution in [-0.2, 0) is 6.42 Å². The van der Waals surface area contributed by atoms with Gasteiger partial charge in [-0.1, -0.05) is 0 Å².